The molecule has 24 heavy (non-hydrogen) atoms. The molecular formula is C19H21NO4. The number of ether oxygens (including phenoxy) is 3. The lowest BCUT2D eigenvalue weighted by atomic mass is 10.2. The average Bonchev–Trinajstić information content (AvgIpc) is 2.61. The van der Waals surface area contributed by atoms with Crippen LogP contribution in [-0.4, -0.2) is 25.7 Å². The van der Waals surface area contributed by atoms with Gasteiger partial charge in [0.25, 0.3) is 5.91 Å². The molecule has 0 saturated heterocycles. The Morgan fingerprint density at radius 1 is 1.17 bits per heavy atom. The minimum atomic E-state index is -0.645. The molecule has 0 aliphatic rings. The molecule has 1 atom stereocenters. The van der Waals surface area contributed by atoms with Crippen LogP contribution in [0.2, 0.25) is 0 Å². The van der Waals surface area contributed by atoms with Gasteiger partial charge in [-0.2, -0.15) is 0 Å². The van der Waals surface area contributed by atoms with Gasteiger partial charge >= 0.3 is 0 Å². The molecule has 0 spiro atoms. The highest BCUT2D eigenvalue weighted by atomic mass is 16.5. The Balaban J connectivity index is 1.92. The predicted octanol–water partition coefficient (Wildman–Crippen LogP) is 3.67. The van der Waals surface area contributed by atoms with Crippen LogP contribution < -0.4 is 19.5 Å². The average molecular weight is 327 g/mol. The second kappa shape index (κ2) is 8.62. The molecule has 2 aromatic carbocycles. The summed E-state index contributed by atoms with van der Waals surface area (Å²) in [5.74, 6) is 1.73. The number of hydrogen-bond acceptors (Lipinski definition) is 4. The van der Waals surface area contributed by atoms with Crippen LogP contribution in [0.1, 0.15) is 6.92 Å². The van der Waals surface area contributed by atoms with Crippen molar-refractivity contribution in [1.82, 2.24) is 0 Å². The van der Waals surface area contributed by atoms with Gasteiger partial charge in [-0.05, 0) is 43.3 Å². The predicted molar refractivity (Wildman–Crippen MR) is 93.8 cm³/mol. The summed E-state index contributed by atoms with van der Waals surface area (Å²) in [6, 6.07) is 14.2. The summed E-state index contributed by atoms with van der Waals surface area (Å²) < 4.78 is 16.2. The van der Waals surface area contributed by atoms with Crippen molar-refractivity contribution in [3.63, 3.8) is 0 Å². The smallest absolute Gasteiger partial charge is 0.265 e. The van der Waals surface area contributed by atoms with Gasteiger partial charge in [-0.15, -0.1) is 0 Å². The Kier molecular flexibility index (Phi) is 6.25. The van der Waals surface area contributed by atoms with Crippen molar-refractivity contribution < 1.29 is 19.0 Å². The van der Waals surface area contributed by atoms with E-state index in [9.17, 15) is 4.79 Å². The van der Waals surface area contributed by atoms with E-state index >= 15 is 0 Å². The van der Waals surface area contributed by atoms with E-state index in [1.807, 2.05) is 6.07 Å². The van der Waals surface area contributed by atoms with E-state index < -0.39 is 6.10 Å². The van der Waals surface area contributed by atoms with E-state index in [0.29, 0.717) is 29.5 Å². The maximum absolute atomic E-state index is 12.2. The van der Waals surface area contributed by atoms with Gasteiger partial charge < -0.3 is 19.5 Å². The van der Waals surface area contributed by atoms with Crippen molar-refractivity contribution in [1.29, 1.82) is 0 Å². The topological polar surface area (TPSA) is 56.8 Å². The summed E-state index contributed by atoms with van der Waals surface area (Å²) >= 11 is 0. The largest absolute Gasteiger partial charge is 0.497 e. The first-order valence-corrected chi connectivity index (χ1v) is 7.57. The van der Waals surface area contributed by atoms with Gasteiger partial charge in [0.1, 0.15) is 23.9 Å². The van der Waals surface area contributed by atoms with Crippen molar-refractivity contribution in [3.8, 4) is 17.2 Å². The van der Waals surface area contributed by atoms with Crippen LogP contribution >= 0.6 is 0 Å². The molecular weight excluding hydrogens is 306 g/mol. The SMILES string of the molecule is C=CCOc1ccc(NC(=O)[C@H](C)Oc2cccc(OC)c2)cc1. The van der Waals surface area contributed by atoms with Crippen LogP contribution in [0.3, 0.4) is 0 Å². The number of carbonyl (C=O) groups excluding carboxylic acids is 1. The summed E-state index contributed by atoms with van der Waals surface area (Å²) in [5.41, 5.74) is 0.673. The number of nitrogens with one attached hydrogen (secondary N) is 1. The number of rotatable bonds is 8. The summed E-state index contributed by atoms with van der Waals surface area (Å²) in [4.78, 5) is 12.2. The number of amides is 1. The number of anilines is 1. The van der Waals surface area contributed by atoms with E-state index in [-0.39, 0.29) is 5.91 Å². The zero-order chi connectivity index (χ0) is 17.4. The molecule has 5 heteroatoms. The molecule has 0 saturated carbocycles. The van der Waals surface area contributed by atoms with Crippen LogP contribution in [0.4, 0.5) is 5.69 Å². The number of methoxy groups -OCH3 is 1. The Bertz CT molecular complexity index is 682. The van der Waals surface area contributed by atoms with E-state index in [1.54, 1.807) is 62.6 Å². The minimum absolute atomic E-state index is 0.238. The fraction of sp³-hybridized carbons (Fsp3) is 0.211. The summed E-state index contributed by atoms with van der Waals surface area (Å²) in [6.07, 6.45) is 1.03. The summed E-state index contributed by atoms with van der Waals surface area (Å²) in [7, 11) is 1.58. The lowest BCUT2D eigenvalue weighted by Gasteiger charge is -2.15. The zero-order valence-corrected chi connectivity index (χ0v) is 13.8. The molecule has 126 valence electrons. The van der Waals surface area contributed by atoms with Gasteiger partial charge in [0.15, 0.2) is 6.10 Å². The summed E-state index contributed by atoms with van der Waals surface area (Å²) in [6.45, 7) is 5.73. The first-order chi connectivity index (χ1) is 11.6. The number of carbonyl (C=O) groups is 1. The lowest BCUT2D eigenvalue weighted by molar-refractivity contribution is -0.122. The molecule has 0 heterocycles. The number of benzene rings is 2. The number of hydrogen-bond donors (Lipinski definition) is 1. The Morgan fingerprint density at radius 2 is 1.88 bits per heavy atom. The fourth-order valence-corrected chi connectivity index (χ4v) is 1.97. The molecule has 0 unspecified atom stereocenters. The third-order valence-corrected chi connectivity index (χ3v) is 3.21. The van der Waals surface area contributed by atoms with Gasteiger partial charge in [0, 0.05) is 11.8 Å². The lowest BCUT2D eigenvalue weighted by Crippen LogP contribution is -2.30. The molecule has 0 bridgehead atoms. The second-order valence-electron chi connectivity index (χ2n) is 5.05. The van der Waals surface area contributed by atoms with Crippen molar-refractivity contribution in [2.24, 2.45) is 0 Å². The first-order valence-electron chi connectivity index (χ1n) is 7.57. The third kappa shape index (κ3) is 5.05. The standard InChI is InChI=1S/C19H21NO4/c1-4-12-23-16-10-8-15(9-11-16)20-19(21)14(2)24-18-7-5-6-17(13-18)22-3/h4-11,13-14H,1,12H2,2-3H3,(H,20,21)/t14-/m0/s1. The molecule has 0 aromatic heterocycles. The molecule has 2 aromatic rings. The Hall–Kier alpha value is -2.95. The van der Waals surface area contributed by atoms with E-state index in [1.165, 1.54) is 0 Å². The molecule has 0 radical (unpaired) electrons. The first kappa shape index (κ1) is 17.4. The Labute approximate surface area is 141 Å². The normalized spacial score (nSPS) is 11.2. The van der Waals surface area contributed by atoms with E-state index in [2.05, 4.69) is 11.9 Å². The maximum Gasteiger partial charge on any atom is 0.265 e. The quantitative estimate of drug-likeness (QED) is 0.752. The third-order valence-electron chi connectivity index (χ3n) is 3.21. The van der Waals surface area contributed by atoms with Crippen LogP contribution in [0, 0.1) is 0 Å². The molecule has 1 N–H and O–H groups in total. The molecule has 1 amide bonds. The molecule has 0 aliphatic carbocycles. The van der Waals surface area contributed by atoms with Crippen molar-refractivity contribution >= 4 is 11.6 Å². The van der Waals surface area contributed by atoms with Crippen LogP contribution in [0.15, 0.2) is 61.2 Å². The van der Waals surface area contributed by atoms with Gasteiger partial charge in [-0.25, -0.2) is 0 Å². The van der Waals surface area contributed by atoms with Gasteiger partial charge in [-0.1, -0.05) is 18.7 Å². The van der Waals surface area contributed by atoms with E-state index in [4.69, 9.17) is 14.2 Å². The molecule has 5 nitrogen and oxygen atoms in total. The minimum Gasteiger partial charge on any atom is -0.497 e. The highest BCUT2D eigenvalue weighted by Crippen LogP contribution is 2.21. The van der Waals surface area contributed by atoms with Gasteiger partial charge in [0.2, 0.25) is 0 Å². The van der Waals surface area contributed by atoms with Crippen molar-refractivity contribution in [2.75, 3.05) is 19.0 Å². The zero-order valence-electron chi connectivity index (χ0n) is 13.8. The summed E-state index contributed by atoms with van der Waals surface area (Å²) in [5, 5.41) is 2.80. The molecule has 0 aliphatic heterocycles. The van der Waals surface area contributed by atoms with Crippen LogP contribution in [0.5, 0.6) is 17.2 Å². The molecule has 0 fully saturated rings. The highest BCUT2D eigenvalue weighted by Gasteiger charge is 2.15. The Morgan fingerprint density at radius 3 is 2.54 bits per heavy atom. The van der Waals surface area contributed by atoms with Gasteiger partial charge in [-0.3, -0.25) is 4.79 Å². The molecule has 2 rings (SSSR count). The maximum atomic E-state index is 12.2. The van der Waals surface area contributed by atoms with Crippen LogP contribution in [0.25, 0.3) is 0 Å². The van der Waals surface area contributed by atoms with Crippen molar-refractivity contribution in [2.45, 2.75) is 13.0 Å². The second-order valence-corrected chi connectivity index (χ2v) is 5.05. The van der Waals surface area contributed by atoms with Crippen LogP contribution in [-0.2, 0) is 4.79 Å². The van der Waals surface area contributed by atoms with Crippen molar-refractivity contribution in [3.05, 3.63) is 61.2 Å². The monoisotopic (exact) mass is 327 g/mol. The van der Waals surface area contributed by atoms with Gasteiger partial charge in [0.05, 0.1) is 7.11 Å². The fourth-order valence-electron chi connectivity index (χ4n) is 1.97. The highest BCUT2D eigenvalue weighted by molar-refractivity contribution is 5.94. The van der Waals surface area contributed by atoms with E-state index in [0.717, 1.165) is 0 Å².